The highest BCUT2D eigenvalue weighted by atomic mass is 19.4. The van der Waals surface area contributed by atoms with E-state index in [2.05, 4.69) is 5.10 Å². The van der Waals surface area contributed by atoms with E-state index in [9.17, 15) is 22.8 Å². The SMILES string of the molecule is O=C(O)[C@@H]1CN(C(=O)c2cccc(-n3ccc(C(F)(F)F)n3)c2)CCO1. The van der Waals surface area contributed by atoms with Crippen molar-refractivity contribution < 1.29 is 32.6 Å². The van der Waals surface area contributed by atoms with Gasteiger partial charge in [0.1, 0.15) is 0 Å². The molecule has 1 aliphatic heterocycles. The van der Waals surface area contributed by atoms with Crippen molar-refractivity contribution in [3.05, 3.63) is 47.8 Å². The van der Waals surface area contributed by atoms with Crippen molar-refractivity contribution in [1.29, 1.82) is 0 Å². The number of rotatable bonds is 3. The molecule has 1 aromatic carbocycles. The van der Waals surface area contributed by atoms with Gasteiger partial charge < -0.3 is 14.7 Å². The molecule has 7 nitrogen and oxygen atoms in total. The molecule has 1 amide bonds. The molecule has 0 bridgehead atoms. The van der Waals surface area contributed by atoms with Crippen LogP contribution in [0, 0.1) is 0 Å². The van der Waals surface area contributed by atoms with Crippen LogP contribution in [-0.2, 0) is 15.7 Å². The lowest BCUT2D eigenvalue weighted by Crippen LogP contribution is -2.48. The average Bonchev–Trinajstić information content (AvgIpc) is 3.12. The third-order valence-corrected chi connectivity index (χ3v) is 3.87. The highest BCUT2D eigenvalue weighted by molar-refractivity contribution is 5.95. The Bertz CT molecular complexity index is 834. The van der Waals surface area contributed by atoms with Gasteiger partial charge in [-0.1, -0.05) is 6.07 Å². The second-order valence-electron chi connectivity index (χ2n) is 5.64. The van der Waals surface area contributed by atoms with E-state index in [0.29, 0.717) is 0 Å². The van der Waals surface area contributed by atoms with Crippen LogP contribution in [0.25, 0.3) is 5.69 Å². The molecule has 2 aromatic rings. The monoisotopic (exact) mass is 369 g/mol. The summed E-state index contributed by atoms with van der Waals surface area (Å²) in [5.41, 5.74) is -0.529. The van der Waals surface area contributed by atoms with Crippen molar-refractivity contribution in [2.75, 3.05) is 19.7 Å². The van der Waals surface area contributed by atoms with Crippen LogP contribution in [0.1, 0.15) is 16.1 Å². The number of ether oxygens (including phenoxy) is 1. The van der Waals surface area contributed by atoms with Gasteiger partial charge in [0.2, 0.25) is 0 Å². The minimum Gasteiger partial charge on any atom is -0.479 e. The molecule has 1 atom stereocenters. The molecule has 10 heteroatoms. The van der Waals surface area contributed by atoms with Crippen LogP contribution in [0.4, 0.5) is 13.2 Å². The number of halogens is 3. The van der Waals surface area contributed by atoms with Gasteiger partial charge in [-0.15, -0.1) is 0 Å². The maximum absolute atomic E-state index is 12.7. The highest BCUT2D eigenvalue weighted by Crippen LogP contribution is 2.28. The summed E-state index contributed by atoms with van der Waals surface area (Å²) in [6.45, 7) is 0.224. The minimum absolute atomic E-state index is 0.0937. The standard InChI is InChI=1S/C16H14F3N3O4/c17-16(18,19)13-4-5-22(20-13)11-3-1-2-10(8-11)14(23)21-6-7-26-12(9-21)15(24)25/h1-5,8,12H,6-7,9H2,(H,24,25)/t12-/m0/s1. The first-order chi connectivity index (χ1) is 12.3. The van der Waals surface area contributed by atoms with E-state index in [1.165, 1.54) is 29.2 Å². The molecule has 1 N–H and O–H groups in total. The number of benzene rings is 1. The number of carbonyl (C=O) groups excluding carboxylic acids is 1. The van der Waals surface area contributed by atoms with Crippen LogP contribution in [0.3, 0.4) is 0 Å². The third-order valence-electron chi connectivity index (χ3n) is 3.87. The van der Waals surface area contributed by atoms with Gasteiger partial charge in [-0.25, -0.2) is 9.48 Å². The summed E-state index contributed by atoms with van der Waals surface area (Å²) in [5, 5.41) is 12.5. The Hall–Kier alpha value is -2.88. The minimum atomic E-state index is -4.56. The van der Waals surface area contributed by atoms with Crippen molar-refractivity contribution in [3.8, 4) is 5.69 Å². The Morgan fingerprint density at radius 1 is 1.27 bits per heavy atom. The van der Waals surface area contributed by atoms with Gasteiger partial charge in [0.05, 0.1) is 18.8 Å². The van der Waals surface area contributed by atoms with Gasteiger partial charge in [0.15, 0.2) is 11.8 Å². The molecule has 0 aliphatic carbocycles. The van der Waals surface area contributed by atoms with Gasteiger partial charge in [0.25, 0.3) is 5.91 Å². The number of aliphatic carboxylic acids is 1. The molecule has 1 aliphatic rings. The number of amides is 1. The van der Waals surface area contributed by atoms with Crippen molar-refractivity contribution >= 4 is 11.9 Å². The number of nitrogens with zero attached hydrogens (tertiary/aromatic N) is 3. The molecule has 138 valence electrons. The molecular weight excluding hydrogens is 355 g/mol. The number of carboxylic acids is 1. The number of hydrogen-bond donors (Lipinski definition) is 1. The van der Waals surface area contributed by atoms with Crippen molar-refractivity contribution in [1.82, 2.24) is 14.7 Å². The fraction of sp³-hybridized carbons (Fsp3) is 0.312. The molecule has 3 rings (SSSR count). The summed E-state index contributed by atoms with van der Waals surface area (Å²) in [4.78, 5) is 24.9. The second kappa shape index (κ2) is 6.79. The summed E-state index contributed by atoms with van der Waals surface area (Å²) in [6.07, 6.45) is -4.50. The normalized spacial score (nSPS) is 18.0. The lowest BCUT2D eigenvalue weighted by atomic mass is 10.1. The van der Waals surface area contributed by atoms with Crippen LogP contribution in [-0.4, -0.2) is 57.5 Å². The number of carbonyl (C=O) groups is 2. The van der Waals surface area contributed by atoms with E-state index in [1.54, 1.807) is 0 Å². The number of carboxylic acid groups (broad SMARTS) is 1. The molecule has 2 heterocycles. The van der Waals surface area contributed by atoms with E-state index in [0.717, 1.165) is 16.9 Å². The highest BCUT2D eigenvalue weighted by Gasteiger charge is 2.34. The van der Waals surface area contributed by atoms with E-state index in [1.807, 2.05) is 0 Å². The van der Waals surface area contributed by atoms with E-state index < -0.39 is 29.9 Å². The lowest BCUT2D eigenvalue weighted by molar-refractivity contribution is -0.154. The molecule has 0 saturated carbocycles. The van der Waals surface area contributed by atoms with Crippen LogP contribution < -0.4 is 0 Å². The molecule has 1 saturated heterocycles. The Morgan fingerprint density at radius 2 is 2.04 bits per heavy atom. The van der Waals surface area contributed by atoms with E-state index >= 15 is 0 Å². The van der Waals surface area contributed by atoms with E-state index in [-0.39, 0.29) is 30.9 Å². The molecule has 1 fully saturated rings. The first-order valence-corrected chi connectivity index (χ1v) is 7.62. The Morgan fingerprint density at radius 3 is 2.69 bits per heavy atom. The Kier molecular flexibility index (Phi) is 4.68. The molecule has 0 radical (unpaired) electrons. The van der Waals surface area contributed by atoms with Gasteiger partial charge in [0, 0.05) is 18.3 Å². The van der Waals surface area contributed by atoms with Crippen molar-refractivity contribution in [2.24, 2.45) is 0 Å². The number of hydrogen-bond acceptors (Lipinski definition) is 4. The zero-order valence-electron chi connectivity index (χ0n) is 13.3. The van der Waals surface area contributed by atoms with Crippen LogP contribution in [0.5, 0.6) is 0 Å². The molecule has 0 spiro atoms. The average molecular weight is 369 g/mol. The Balaban J connectivity index is 1.82. The van der Waals surface area contributed by atoms with Crippen LogP contribution >= 0.6 is 0 Å². The number of alkyl halides is 3. The predicted octanol–water partition coefficient (Wildman–Crippen LogP) is 1.82. The fourth-order valence-electron chi connectivity index (χ4n) is 2.57. The summed E-state index contributed by atoms with van der Waals surface area (Å²) in [6, 6.07) is 6.79. The molecule has 0 unspecified atom stereocenters. The largest absolute Gasteiger partial charge is 0.479 e. The van der Waals surface area contributed by atoms with Crippen molar-refractivity contribution in [2.45, 2.75) is 12.3 Å². The second-order valence-corrected chi connectivity index (χ2v) is 5.64. The maximum atomic E-state index is 12.7. The predicted molar refractivity (Wildman–Crippen MR) is 81.8 cm³/mol. The first kappa shape index (κ1) is 17.9. The quantitative estimate of drug-likeness (QED) is 0.892. The zero-order valence-corrected chi connectivity index (χ0v) is 13.3. The van der Waals surface area contributed by atoms with Gasteiger partial charge in [-0.05, 0) is 24.3 Å². The van der Waals surface area contributed by atoms with Crippen LogP contribution in [0.15, 0.2) is 36.5 Å². The van der Waals surface area contributed by atoms with Gasteiger partial charge in [-0.2, -0.15) is 18.3 Å². The zero-order chi connectivity index (χ0) is 18.9. The summed E-state index contributed by atoms with van der Waals surface area (Å²) < 4.78 is 44.1. The Labute approximate surface area is 145 Å². The van der Waals surface area contributed by atoms with Crippen molar-refractivity contribution in [3.63, 3.8) is 0 Å². The van der Waals surface area contributed by atoms with Gasteiger partial charge in [-0.3, -0.25) is 4.79 Å². The smallest absolute Gasteiger partial charge is 0.435 e. The van der Waals surface area contributed by atoms with E-state index in [4.69, 9.17) is 9.84 Å². The first-order valence-electron chi connectivity index (χ1n) is 7.62. The topological polar surface area (TPSA) is 84.7 Å². The fourth-order valence-corrected chi connectivity index (χ4v) is 2.57. The molecule has 26 heavy (non-hydrogen) atoms. The summed E-state index contributed by atoms with van der Waals surface area (Å²) in [7, 11) is 0. The number of aromatic nitrogens is 2. The lowest BCUT2D eigenvalue weighted by Gasteiger charge is -2.31. The third kappa shape index (κ3) is 3.69. The maximum Gasteiger partial charge on any atom is 0.435 e. The molecular formula is C16H14F3N3O4. The molecule has 1 aromatic heterocycles. The van der Waals surface area contributed by atoms with Crippen LogP contribution in [0.2, 0.25) is 0 Å². The number of morpholine rings is 1. The summed E-state index contributed by atoms with van der Waals surface area (Å²) in [5.74, 6) is -1.59. The van der Waals surface area contributed by atoms with Gasteiger partial charge >= 0.3 is 12.1 Å². The summed E-state index contributed by atoms with van der Waals surface area (Å²) >= 11 is 0.